The van der Waals surface area contributed by atoms with Crippen molar-refractivity contribution in [3.8, 4) is 0 Å². The highest BCUT2D eigenvalue weighted by molar-refractivity contribution is 7.90. The van der Waals surface area contributed by atoms with Gasteiger partial charge in [-0.1, -0.05) is 11.2 Å². The SMILES string of the molecule is Cc1ccc(C(=O)Nc2nonc2C)c(C)c1S(C)(=O)=O. The second-order valence-corrected chi connectivity index (χ2v) is 6.76. The third kappa shape index (κ3) is 2.94. The molecular formula is C13H15N3O4S. The molecule has 0 saturated carbocycles. The highest BCUT2D eigenvalue weighted by Gasteiger charge is 2.21. The van der Waals surface area contributed by atoms with Crippen molar-refractivity contribution in [2.45, 2.75) is 25.7 Å². The molecule has 8 heteroatoms. The molecule has 0 spiro atoms. The number of nitrogens with one attached hydrogen (secondary N) is 1. The number of amides is 1. The van der Waals surface area contributed by atoms with E-state index in [1.165, 1.54) is 0 Å². The third-order valence-corrected chi connectivity index (χ3v) is 4.47. The Morgan fingerprint density at radius 1 is 1.19 bits per heavy atom. The number of sulfone groups is 1. The number of hydrogen-bond donors (Lipinski definition) is 1. The number of carbonyl (C=O) groups excluding carboxylic acids is 1. The Hall–Kier alpha value is -2.22. The van der Waals surface area contributed by atoms with Gasteiger partial charge in [-0.15, -0.1) is 0 Å². The number of aromatic nitrogens is 2. The van der Waals surface area contributed by atoms with Crippen LogP contribution in [-0.4, -0.2) is 30.9 Å². The number of anilines is 1. The average molecular weight is 309 g/mol. The van der Waals surface area contributed by atoms with Crippen LogP contribution >= 0.6 is 0 Å². The third-order valence-electron chi connectivity index (χ3n) is 3.10. The zero-order valence-corrected chi connectivity index (χ0v) is 12.9. The first-order chi connectivity index (χ1) is 9.71. The van der Waals surface area contributed by atoms with Crippen LogP contribution in [0.2, 0.25) is 0 Å². The van der Waals surface area contributed by atoms with E-state index >= 15 is 0 Å². The number of rotatable bonds is 3. The van der Waals surface area contributed by atoms with Crippen molar-refractivity contribution in [3.63, 3.8) is 0 Å². The molecule has 1 N–H and O–H groups in total. The molecule has 0 bridgehead atoms. The Balaban J connectivity index is 2.46. The van der Waals surface area contributed by atoms with Gasteiger partial charge < -0.3 is 5.32 Å². The summed E-state index contributed by atoms with van der Waals surface area (Å²) in [5.74, 6) is -0.253. The maximum absolute atomic E-state index is 12.3. The maximum atomic E-state index is 12.3. The number of carbonyl (C=O) groups is 1. The van der Waals surface area contributed by atoms with Crippen molar-refractivity contribution in [2.24, 2.45) is 0 Å². The van der Waals surface area contributed by atoms with Crippen molar-refractivity contribution < 1.29 is 17.8 Å². The van der Waals surface area contributed by atoms with Gasteiger partial charge in [0.15, 0.2) is 9.84 Å². The van der Waals surface area contributed by atoms with Crippen LogP contribution in [-0.2, 0) is 9.84 Å². The Kier molecular flexibility index (Phi) is 3.82. The van der Waals surface area contributed by atoms with Crippen molar-refractivity contribution in [3.05, 3.63) is 34.5 Å². The van der Waals surface area contributed by atoms with Crippen LogP contribution in [0, 0.1) is 20.8 Å². The standard InChI is InChI=1S/C13H15N3O4S/c1-7-5-6-10(8(2)11(7)21(4,18)19)13(17)14-12-9(3)15-20-16-12/h5-6H,1-4H3,(H,14,16,17). The summed E-state index contributed by atoms with van der Waals surface area (Å²) in [5, 5.41) is 9.67. The van der Waals surface area contributed by atoms with Crippen LogP contribution in [0.15, 0.2) is 21.7 Å². The molecule has 0 radical (unpaired) electrons. The minimum atomic E-state index is -3.42. The van der Waals surface area contributed by atoms with Gasteiger partial charge in [0.25, 0.3) is 5.91 Å². The number of nitrogens with zero attached hydrogens (tertiary/aromatic N) is 2. The van der Waals surface area contributed by atoms with E-state index < -0.39 is 15.7 Å². The second-order valence-electron chi connectivity index (χ2n) is 4.81. The lowest BCUT2D eigenvalue weighted by Gasteiger charge is -2.12. The molecule has 2 aromatic rings. The fraction of sp³-hybridized carbons (Fsp3) is 0.308. The van der Waals surface area contributed by atoms with Gasteiger partial charge in [-0.25, -0.2) is 13.0 Å². The maximum Gasteiger partial charge on any atom is 0.257 e. The number of hydrogen-bond acceptors (Lipinski definition) is 6. The van der Waals surface area contributed by atoms with E-state index in [1.54, 1.807) is 32.9 Å². The molecule has 0 aliphatic rings. The minimum Gasteiger partial charge on any atom is -0.302 e. The average Bonchev–Trinajstić information content (AvgIpc) is 2.73. The molecule has 0 unspecified atom stereocenters. The molecule has 0 aliphatic carbocycles. The quantitative estimate of drug-likeness (QED) is 0.925. The molecule has 0 fully saturated rings. The van der Waals surface area contributed by atoms with Crippen molar-refractivity contribution >= 4 is 21.6 Å². The highest BCUT2D eigenvalue weighted by atomic mass is 32.2. The number of aryl methyl sites for hydroxylation is 2. The number of benzene rings is 1. The molecule has 1 heterocycles. The van der Waals surface area contributed by atoms with Gasteiger partial charge in [0, 0.05) is 11.8 Å². The Morgan fingerprint density at radius 3 is 2.38 bits per heavy atom. The molecule has 1 aromatic carbocycles. The van der Waals surface area contributed by atoms with E-state index in [0.717, 1.165) is 6.26 Å². The molecule has 112 valence electrons. The minimum absolute atomic E-state index is 0.171. The topological polar surface area (TPSA) is 102 Å². The van der Waals surface area contributed by atoms with Gasteiger partial charge in [-0.2, -0.15) is 0 Å². The van der Waals surface area contributed by atoms with Crippen LogP contribution in [0.3, 0.4) is 0 Å². The van der Waals surface area contributed by atoms with Gasteiger partial charge in [-0.3, -0.25) is 4.79 Å². The van der Waals surface area contributed by atoms with E-state index in [1.807, 2.05) is 0 Å². The van der Waals surface area contributed by atoms with E-state index in [2.05, 4.69) is 20.3 Å². The van der Waals surface area contributed by atoms with Gasteiger partial charge in [-0.05, 0) is 43.1 Å². The highest BCUT2D eigenvalue weighted by Crippen LogP contribution is 2.24. The summed E-state index contributed by atoms with van der Waals surface area (Å²) >= 11 is 0. The van der Waals surface area contributed by atoms with Gasteiger partial charge in [0.2, 0.25) is 5.82 Å². The molecule has 2 rings (SSSR count). The summed E-state index contributed by atoms with van der Waals surface area (Å²) in [7, 11) is -3.42. The molecular weight excluding hydrogens is 294 g/mol. The first-order valence-corrected chi connectivity index (χ1v) is 8.01. The molecule has 1 aromatic heterocycles. The zero-order chi connectivity index (χ0) is 15.8. The summed E-state index contributed by atoms with van der Waals surface area (Å²) in [6.45, 7) is 4.93. The second kappa shape index (κ2) is 5.28. The molecule has 1 amide bonds. The fourth-order valence-electron chi connectivity index (χ4n) is 2.16. The lowest BCUT2D eigenvalue weighted by Crippen LogP contribution is -2.16. The van der Waals surface area contributed by atoms with Gasteiger partial charge in [0.1, 0.15) is 5.69 Å². The van der Waals surface area contributed by atoms with Crippen LogP contribution in [0.4, 0.5) is 5.82 Å². The van der Waals surface area contributed by atoms with E-state index in [4.69, 9.17) is 0 Å². The zero-order valence-electron chi connectivity index (χ0n) is 12.1. The van der Waals surface area contributed by atoms with E-state index in [9.17, 15) is 13.2 Å². The summed E-state index contributed by atoms with van der Waals surface area (Å²) in [6.07, 6.45) is 1.12. The van der Waals surface area contributed by atoms with Crippen molar-refractivity contribution in [1.82, 2.24) is 10.3 Å². The lowest BCUT2D eigenvalue weighted by atomic mass is 10.0. The lowest BCUT2D eigenvalue weighted by molar-refractivity contribution is 0.102. The van der Waals surface area contributed by atoms with Crippen LogP contribution in [0.25, 0.3) is 0 Å². The smallest absolute Gasteiger partial charge is 0.257 e. The molecule has 0 aliphatic heterocycles. The summed E-state index contributed by atoms with van der Waals surface area (Å²) < 4.78 is 28.2. The van der Waals surface area contributed by atoms with Crippen LogP contribution in [0.1, 0.15) is 27.2 Å². The summed E-state index contributed by atoms with van der Waals surface area (Å²) in [6, 6.07) is 3.18. The van der Waals surface area contributed by atoms with Crippen LogP contribution in [0.5, 0.6) is 0 Å². The predicted octanol–water partition coefficient (Wildman–Crippen LogP) is 1.65. The molecule has 0 atom stereocenters. The Morgan fingerprint density at radius 2 is 1.86 bits per heavy atom. The van der Waals surface area contributed by atoms with E-state index in [0.29, 0.717) is 16.8 Å². The molecule has 21 heavy (non-hydrogen) atoms. The first kappa shape index (κ1) is 15.2. The fourth-order valence-corrected chi connectivity index (χ4v) is 3.48. The van der Waals surface area contributed by atoms with Crippen molar-refractivity contribution in [1.29, 1.82) is 0 Å². The molecule has 7 nitrogen and oxygen atoms in total. The van der Waals surface area contributed by atoms with Gasteiger partial charge in [0.05, 0.1) is 4.90 Å². The first-order valence-electron chi connectivity index (χ1n) is 6.12. The largest absolute Gasteiger partial charge is 0.302 e. The summed E-state index contributed by atoms with van der Waals surface area (Å²) in [4.78, 5) is 12.4. The Bertz CT molecular complexity index is 809. The van der Waals surface area contributed by atoms with E-state index in [-0.39, 0.29) is 16.3 Å². The van der Waals surface area contributed by atoms with Crippen molar-refractivity contribution in [2.75, 3.05) is 11.6 Å². The monoisotopic (exact) mass is 309 g/mol. The predicted molar refractivity (Wildman–Crippen MR) is 76.0 cm³/mol. The van der Waals surface area contributed by atoms with Gasteiger partial charge >= 0.3 is 0 Å². The summed E-state index contributed by atoms with van der Waals surface area (Å²) in [5.41, 5.74) is 1.72. The van der Waals surface area contributed by atoms with Crippen LogP contribution < -0.4 is 5.32 Å². The Labute approximate surface area is 122 Å². The normalized spacial score (nSPS) is 11.4. The molecule has 0 saturated heterocycles.